The summed E-state index contributed by atoms with van der Waals surface area (Å²) in [5, 5.41) is 4.16. The normalized spacial score (nSPS) is 13.3. The molecule has 0 bridgehead atoms. The Morgan fingerprint density at radius 1 is 0.279 bits per heavy atom. The molecule has 0 radical (unpaired) electrons. The molecule has 0 spiro atoms. The molecule has 4 aliphatic heterocycles. The van der Waals surface area contributed by atoms with Crippen LogP contribution in [0, 0.1) is 0 Å². The Hall–Kier alpha value is -11.2. The summed E-state index contributed by atoms with van der Waals surface area (Å²) in [4.78, 5) is 7.64. The van der Waals surface area contributed by atoms with Crippen LogP contribution in [0.4, 0.5) is 51.2 Å². The standard InChI is InChI=1S/C78H47B2N3O3/c1-5-24-48(25-6-1)52-32-13-18-39-61(52)82-63-45-64-60(44-59(63)80-58-38-17-22-43-69(58)86-78-73-56-34-15-21-42-68(56)85-71(73)47-66(82)75(78)80)79-57-37-16-19-40-62(57)81(51-30-11-4-12-31-51)77-72-55-33-14-20-41-67(55)84-70(72)46-65(74(77)79)83(64)76-53(49-26-7-2-8-27-49)35-23-36-54(76)50-28-9-3-10-29-50/h1-47H. The summed E-state index contributed by atoms with van der Waals surface area (Å²) in [6.45, 7) is -0.481. The van der Waals surface area contributed by atoms with E-state index in [4.69, 9.17) is 13.6 Å². The van der Waals surface area contributed by atoms with E-state index in [0.29, 0.717) is 0 Å². The maximum absolute atomic E-state index is 7.39. The van der Waals surface area contributed by atoms with Gasteiger partial charge in [-0.2, -0.15) is 0 Å². The summed E-state index contributed by atoms with van der Waals surface area (Å²) in [5.74, 6) is 1.66. The van der Waals surface area contributed by atoms with Gasteiger partial charge in [0, 0.05) is 73.7 Å². The second-order valence-electron chi connectivity index (χ2n) is 22.9. The van der Waals surface area contributed by atoms with E-state index >= 15 is 0 Å². The molecule has 13 aromatic carbocycles. The minimum absolute atomic E-state index is 0.240. The van der Waals surface area contributed by atoms with Crippen molar-refractivity contribution in [1.29, 1.82) is 0 Å². The highest BCUT2D eigenvalue weighted by molar-refractivity contribution is 7.03. The van der Waals surface area contributed by atoms with E-state index in [1.54, 1.807) is 0 Å². The van der Waals surface area contributed by atoms with Crippen molar-refractivity contribution < 1.29 is 13.6 Å². The summed E-state index contributed by atoms with van der Waals surface area (Å²) in [7, 11) is 0. The van der Waals surface area contributed by atoms with Gasteiger partial charge in [-0.05, 0) is 98.0 Å². The highest BCUT2D eigenvalue weighted by Gasteiger charge is 2.50. The number of anilines is 9. The van der Waals surface area contributed by atoms with Gasteiger partial charge in [0.15, 0.2) is 0 Å². The lowest BCUT2D eigenvalue weighted by Crippen LogP contribution is -2.64. The number of ether oxygens (including phenoxy) is 1. The highest BCUT2D eigenvalue weighted by atomic mass is 16.5. The van der Waals surface area contributed by atoms with Gasteiger partial charge in [0.05, 0.1) is 27.8 Å². The number of hydrogen-bond donors (Lipinski definition) is 0. The van der Waals surface area contributed by atoms with Crippen molar-refractivity contribution in [1.82, 2.24) is 0 Å². The van der Waals surface area contributed by atoms with Crippen LogP contribution >= 0.6 is 0 Å². The average Bonchev–Trinajstić information content (AvgIpc) is 0.994. The summed E-state index contributed by atoms with van der Waals surface area (Å²) in [6, 6.07) is 104. The largest absolute Gasteiger partial charge is 0.458 e. The predicted octanol–water partition coefficient (Wildman–Crippen LogP) is 17.0. The lowest BCUT2D eigenvalue weighted by atomic mass is 9.30. The first-order valence-corrected chi connectivity index (χ1v) is 29.6. The number of para-hydroxylation sites is 7. The fourth-order valence-corrected chi connectivity index (χ4v) is 15.0. The van der Waals surface area contributed by atoms with E-state index in [1.807, 2.05) is 6.07 Å². The molecule has 398 valence electrons. The second-order valence-corrected chi connectivity index (χ2v) is 22.9. The van der Waals surface area contributed by atoms with Gasteiger partial charge < -0.3 is 28.3 Å². The summed E-state index contributed by atoms with van der Waals surface area (Å²) in [5.41, 5.74) is 26.6. The van der Waals surface area contributed by atoms with Gasteiger partial charge in [-0.1, -0.05) is 224 Å². The molecule has 6 heterocycles. The Bertz CT molecular complexity index is 5260. The van der Waals surface area contributed by atoms with Crippen LogP contribution in [-0.2, 0) is 0 Å². The Morgan fingerprint density at radius 2 is 0.767 bits per heavy atom. The van der Waals surface area contributed by atoms with E-state index in [0.717, 1.165) is 151 Å². The maximum atomic E-state index is 7.39. The fourth-order valence-electron chi connectivity index (χ4n) is 15.0. The number of fused-ring (bicyclic) bond motifs is 16. The zero-order chi connectivity index (χ0) is 56.1. The van der Waals surface area contributed by atoms with E-state index in [1.165, 1.54) is 21.9 Å². The van der Waals surface area contributed by atoms with Crippen molar-refractivity contribution >= 4 is 141 Å². The third kappa shape index (κ3) is 6.63. The first-order chi connectivity index (χ1) is 42.7. The van der Waals surface area contributed by atoms with Crippen molar-refractivity contribution in [3.8, 4) is 44.9 Å². The van der Waals surface area contributed by atoms with Crippen LogP contribution in [0.1, 0.15) is 0 Å². The smallest absolute Gasteiger partial charge is 0.256 e. The number of hydrogen-bond acceptors (Lipinski definition) is 6. The maximum Gasteiger partial charge on any atom is 0.256 e. The van der Waals surface area contributed by atoms with E-state index in [-0.39, 0.29) is 13.4 Å². The number of rotatable bonds is 6. The molecule has 15 aromatic rings. The first-order valence-electron chi connectivity index (χ1n) is 29.6. The monoisotopic (exact) mass is 1100 g/mol. The van der Waals surface area contributed by atoms with Gasteiger partial charge in [0.2, 0.25) is 0 Å². The Morgan fingerprint density at radius 3 is 1.44 bits per heavy atom. The van der Waals surface area contributed by atoms with Crippen molar-refractivity contribution in [3.05, 3.63) is 285 Å². The molecule has 4 aliphatic rings. The molecule has 0 N–H and O–H groups in total. The molecule has 0 saturated carbocycles. The van der Waals surface area contributed by atoms with Gasteiger partial charge in [-0.3, -0.25) is 0 Å². The van der Waals surface area contributed by atoms with Crippen molar-refractivity contribution in [2.75, 3.05) is 14.7 Å². The lowest BCUT2D eigenvalue weighted by Gasteiger charge is -2.47. The lowest BCUT2D eigenvalue weighted by molar-refractivity contribution is 0.493. The van der Waals surface area contributed by atoms with Crippen molar-refractivity contribution in [2.24, 2.45) is 0 Å². The molecule has 86 heavy (non-hydrogen) atoms. The van der Waals surface area contributed by atoms with E-state index in [9.17, 15) is 0 Å². The summed E-state index contributed by atoms with van der Waals surface area (Å²) < 4.78 is 21.6. The van der Waals surface area contributed by atoms with E-state index in [2.05, 4.69) is 294 Å². The van der Waals surface area contributed by atoms with Crippen LogP contribution in [0.3, 0.4) is 0 Å². The van der Waals surface area contributed by atoms with Crippen LogP contribution in [0.15, 0.2) is 294 Å². The Kier molecular flexibility index (Phi) is 9.98. The topological polar surface area (TPSA) is 45.2 Å². The quantitative estimate of drug-likeness (QED) is 0.155. The molecule has 19 rings (SSSR count). The Labute approximate surface area is 496 Å². The zero-order valence-corrected chi connectivity index (χ0v) is 46.4. The molecule has 8 heteroatoms. The molecule has 0 saturated heterocycles. The second kappa shape index (κ2) is 18.1. The Balaban J connectivity index is 1.01. The van der Waals surface area contributed by atoms with Crippen molar-refractivity contribution in [3.63, 3.8) is 0 Å². The van der Waals surface area contributed by atoms with Crippen LogP contribution < -0.4 is 52.2 Å². The third-order valence-electron chi connectivity index (χ3n) is 18.5. The van der Waals surface area contributed by atoms with Gasteiger partial charge in [0.1, 0.15) is 33.8 Å². The van der Waals surface area contributed by atoms with Crippen LogP contribution in [0.25, 0.3) is 77.3 Å². The zero-order valence-electron chi connectivity index (χ0n) is 46.4. The molecular formula is C78H47B2N3O3. The van der Waals surface area contributed by atoms with Crippen molar-refractivity contribution in [2.45, 2.75) is 0 Å². The molecule has 0 unspecified atom stereocenters. The third-order valence-corrected chi connectivity index (χ3v) is 18.5. The number of benzene rings is 13. The predicted molar refractivity (Wildman–Crippen MR) is 357 cm³/mol. The van der Waals surface area contributed by atoms with Gasteiger partial charge >= 0.3 is 0 Å². The minimum Gasteiger partial charge on any atom is -0.458 e. The van der Waals surface area contributed by atoms with Gasteiger partial charge in [0.25, 0.3) is 13.4 Å². The molecule has 0 aliphatic carbocycles. The molecule has 0 atom stereocenters. The number of furan rings is 2. The first kappa shape index (κ1) is 47.3. The summed E-state index contributed by atoms with van der Waals surface area (Å²) in [6.07, 6.45) is 0. The van der Waals surface area contributed by atoms with Crippen LogP contribution in [0.5, 0.6) is 11.5 Å². The molecular weight excluding hydrogens is 1050 g/mol. The van der Waals surface area contributed by atoms with Gasteiger partial charge in [-0.25, -0.2) is 0 Å². The minimum atomic E-state index is -0.241. The molecule has 2 aromatic heterocycles. The number of nitrogens with zero attached hydrogens (tertiary/aromatic N) is 3. The highest BCUT2D eigenvalue weighted by Crippen LogP contribution is 2.55. The summed E-state index contributed by atoms with van der Waals surface area (Å²) >= 11 is 0. The van der Waals surface area contributed by atoms with Crippen LogP contribution in [-0.4, -0.2) is 13.4 Å². The van der Waals surface area contributed by atoms with Gasteiger partial charge in [-0.15, -0.1) is 0 Å². The average molecular weight is 1100 g/mol. The van der Waals surface area contributed by atoms with Crippen LogP contribution in [0.2, 0.25) is 0 Å². The fraction of sp³-hybridized carbons (Fsp3) is 0. The SMILES string of the molecule is c1ccc(-c2ccccc2N2c3cc4c(cc3B3c5ccccc5Oc5c3c2cc2oc3ccccc3c52)B2c3ccccc3N(c3ccccc3)c3c2c(cc2oc5ccccc5c32)N4c2c(-c3ccccc3)cccc2-c2ccccc2)cc1. The molecule has 0 amide bonds. The van der Waals surface area contributed by atoms with E-state index < -0.39 is 0 Å². The molecule has 6 nitrogen and oxygen atoms in total. The molecule has 0 fully saturated rings.